The molecule has 3 rings (SSSR count). The molecular weight excluding hydrogens is 266 g/mol. The van der Waals surface area contributed by atoms with Crippen LogP contribution >= 0.6 is 0 Å². The molecule has 1 N–H and O–H groups in total. The van der Waals surface area contributed by atoms with Gasteiger partial charge in [-0.25, -0.2) is 4.98 Å². The molecule has 0 aliphatic carbocycles. The van der Waals surface area contributed by atoms with Gasteiger partial charge in [0.15, 0.2) is 5.79 Å². The first kappa shape index (κ1) is 14.5. The first-order valence-corrected chi connectivity index (χ1v) is 7.43. The van der Waals surface area contributed by atoms with E-state index in [-0.39, 0.29) is 12.1 Å². The second-order valence-corrected chi connectivity index (χ2v) is 6.10. The molecule has 2 unspecified atom stereocenters. The highest BCUT2D eigenvalue weighted by Gasteiger charge is 2.32. The molecule has 1 aromatic heterocycles. The lowest BCUT2D eigenvalue weighted by molar-refractivity contribution is -0.137. The number of aromatic nitrogens is 2. The fourth-order valence-electron chi connectivity index (χ4n) is 2.81. The third kappa shape index (κ3) is 2.95. The SMILES string of the molecule is CC(NCC1COC(C)(C)O1)c1nc2ccccc2n1C. The molecular formula is C16H23N3O2. The first-order chi connectivity index (χ1) is 9.96. The van der Waals surface area contributed by atoms with Gasteiger partial charge >= 0.3 is 0 Å². The van der Waals surface area contributed by atoms with Gasteiger partial charge < -0.3 is 19.4 Å². The van der Waals surface area contributed by atoms with Gasteiger partial charge in [-0.15, -0.1) is 0 Å². The molecule has 2 atom stereocenters. The molecule has 2 aromatic rings. The van der Waals surface area contributed by atoms with Crippen molar-refractivity contribution in [3.8, 4) is 0 Å². The summed E-state index contributed by atoms with van der Waals surface area (Å²) in [5, 5.41) is 3.49. The monoisotopic (exact) mass is 289 g/mol. The Bertz CT molecular complexity index is 635. The molecule has 114 valence electrons. The highest BCUT2D eigenvalue weighted by molar-refractivity contribution is 5.75. The van der Waals surface area contributed by atoms with Crippen LogP contribution in [0, 0.1) is 0 Å². The largest absolute Gasteiger partial charge is 0.348 e. The first-order valence-electron chi connectivity index (χ1n) is 7.43. The van der Waals surface area contributed by atoms with Gasteiger partial charge in [-0.3, -0.25) is 0 Å². The Morgan fingerprint density at radius 1 is 1.43 bits per heavy atom. The molecule has 2 heterocycles. The minimum atomic E-state index is -0.465. The van der Waals surface area contributed by atoms with E-state index < -0.39 is 5.79 Å². The summed E-state index contributed by atoms with van der Waals surface area (Å²) in [7, 11) is 2.06. The van der Waals surface area contributed by atoms with Crippen LogP contribution < -0.4 is 5.32 Å². The Hall–Kier alpha value is -1.43. The number of para-hydroxylation sites is 2. The second kappa shape index (κ2) is 5.40. The number of ether oxygens (including phenoxy) is 2. The standard InChI is InChI=1S/C16H23N3O2/c1-11(17-9-12-10-20-16(2,3)21-12)15-18-13-7-5-6-8-14(13)19(15)4/h5-8,11-12,17H,9-10H2,1-4H3. The van der Waals surface area contributed by atoms with Crippen molar-refractivity contribution in [2.24, 2.45) is 7.05 Å². The van der Waals surface area contributed by atoms with E-state index in [0.717, 1.165) is 23.4 Å². The van der Waals surface area contributed by atoms with Crippen molar-refractivity contribution in [2.45, 2.75) is 38.7 Å². The second-order valence-electron chi connectivity index (χ2n) is 6.10. The van der Waals surface area contributed by atoms with Crippen molar-refractivity contribution in [3.63, 3.8) is 0 Å². The quantitative estimate of drug-likeness (QED) is 0.939. The molecule has 5 nitrogen and oxygen atoms in total. The Balaban J connectivity index is 1.67. The number of fused-ring (bicyclic) bond motifs is 1. The average Bonchev–Trinajstić information content (AvgIpc) is 2.97. The van der Waals surface area contributed by atoms with Gasteiger partial charge in [0, 0.05) is 13.6 Å². The van der Waals surface area contributed by atoms with Crippen molar-refractivity contribution in [3.05, 3.63) is 30.1 Å². The molecule has 0 radical (unpaired) electrons. The summed E-state index contributed by atoms with van der Waals surface area (Å²) in [4.78, 5) is 4.71. The molecule has 0 spiro atoms. The van der Waals surface area contributed by atoms with Crippen LogP contribution in [-0.2, 0) is 16.5 Å². The van der Waals surface area contributed by atoms with E-state index in [1.54, 1.807) is 0 Å². The third-order valence-electron chi connectivity index (χ3n) is 3.93. The van der Waals surface area contributed by atoms with Crippen LogP contribution in [0.4, 0.5) is 0 Å². The number of nitrogens with zero attached hydrogens (tertiary/aromatic N) is 2. The Morgan fingerprint density at radius 3 is 2.86 bits per heavy atom. The zero-order valence-corrected chi connectivity index (χ0v) is 13.1. The van der Waals surface area contributed by atoms with Gasteiger partial charge in [-0.05, 0) is 32.9 Å². The van der Waals surface area contributed by atoms with Crippen molar-refractivity contribution in [1.82, 2.24) is 14.9 Å². The molecule has 5 heteroatoms. The minimum Gasteiger partial charge on any atom is -0.348 e. The molecule has 0 bridgehead atoms. The van der Waals surface area contributed by atoms with E-state index in [1.165, 1.54) is 0 Å². The Morgan fingerprint density at radius 2 is 2.19 bits per heavy atom. The highest BCUT2D eigenvalue weighted by atomic mass is 16.7. The van der Waals surface area contributed by atoms with Crippen molar-refractivity contribution >= 4 is 11.0 Å². The summed E-state index contributed by atoms with van der Waals surface area (Å²) in [6, 6.07) is 8.35. The van der Waals surface area contributed by atoms with Crippen molar-refractivity contribution in [1.29, 1.82) is 0 Å². The predicted octanol–water partition coefficient (Wildman–Crippen LogP) is 2.38. The van der Waals surface area contributed by atoms with E-state index >= 15 is 0 Å². The normalized spacial score (nSPS) is 22.8. The van der Waals surface area contributed by atoms with Gasteiger partial charge in [0.1, 0.15) is 5.82 Å². The topological polar surface area (TPSA) is 48.3 Å². The average molecular weight is 289 g/mol. The molecule has 1 aliphatic rings. The van der Waals surface area contributed by atoms with Gasteiger partial charge in [0.2, 0.25) is 0 Å². The molecule has 1 aliphatic heterocycles. The summed E-state index contributed by atoms with van der Waals surface area (Å²) >= 11 is 0. The van der Waals surface area contributed by atoms with Crippen LogP contribution in [0.5, 0.6) is 0 Å². The highest BCUT2D eigenvalue weighted by Crippen LogP contribution is 2.23. The summed E-state index contributed by atoms with van der Waals surface area (Å²) in [6.07, 6.45) is 0.0946. The maximum absolute atomic E-state index is 5.81. The lowest BCUT2D eigenvalue weighted by atomic mass is 10.3. The fraction of sp³-hybridized carbons (Fsp3) is 0.562. The van der Waals surface area contributed by atoms with E-state index in [0.29, 0.717) is 6.61 Å². The predicted molar refractivity (Wildman–Crippen MR) is 82.0 cm³/mol. The van der Waals surface area contributed by atoms with E-state index in [2.05, 4.69) is 29.9 Å². The fourth-order valence-corrected chi connectivity index (χ4v) is 2.81. The number of imidazole rings is 1. The van der Waals surface area contributed by atoms with E-state index in [4.69, 9.17) is 14.5 Å². The molecule has 0 amide bonds. The number of rotatable bonds is 4. The van der Waals surface area contributed by atoms with Crippen LogP contribution in [0.3, 0.4) is 0 Å². The van der Waals surface area contributed by atoms with Gasteiger partial charge in [0.05, 0.1) is 29.8 Å². The van der Waals surface area contributed by atoms with E-state index in [9.17, 15) is 0 Å². The number of aryl methyl sites for hydroxylation is 1. The number of nitrogens with one attached hydrogen (secondary N) is 1. The van der Waals surface area contributed by atoms with Gasteiger partial charge in [-0.2, -0.15) is 0 Å². The lowest BCUT2D eigenvalue weighted by Crippen LogP contribution is -2.33. The molecule has 1 aromatic carbocycles. The third-order valence-corrected chi connectivity index (χ3v) is 3.93. The van der Waals surface area contributed by atoms with Crippen LogP contribution in [0.2, 0.25) is 0 Å². The Kier molecular flexibility index (Phi) is 3.73. The van der Waals surface area contributed by atoms with Crippen LogP contribution in [-0.4, -0.2) is 34.6 Å². The zero-order valence-electron chi connectivity index (χ0n) is 13.1. The maximum Gasteiger partial charge on any atom is 0.163 e. The lowest BCUT2D eigenvalue weighted by Gasteiger charge is -2.19. The van der Waals surface area contributed by atoms with Crippen LogP contribution in [0.1, 0.15) is 32.6 Å². The zero-order chi connectivity index (χ0) is 15.0. The van der Waals surface area contributed by atoms with Crippen LogP contribution in [0.25, 0.3) is 11.0 Å². The molecule has 21 heavy (non-hydrogen) atoms. The molecule has 1 saturated heterocycles. The summed E-state index contributed by atoms with van der Waals surface area (Å²) in [5.41, 5.74) is 2.19. The Labute approximate surface area is 125 Å². The van der Waals surface area contributed by atoms with Crippen LogP contribution in [0.15, 0.2) is 24.3 Å². The van der Waals surface area contributed by atoms with E-state index in [1.807, 2.05) is 32.0 Å². The molecule has 1 fully saturated rings. The number of hydrogen-bond acceptors (Lipinski definition) is 4. The van der Waals surface area contributed by atoms with Gasteiger partial charge in [0.25, 0.3) is 0 Å². The maximum atomic E-state index is 5.81. The molecule has 0 saturated carbocycles. The minimum absolute atomic E-state index is 0.0946. The smallest absolute Gasteiger partial charge is 0.163 e. The van der Waals surface area contributed by atoms with Gasteiger partial charge in [-0.1, -0.05) is 12.1 Å². The van der Waals surface area contributed by atoms with Crippen molar-refractivity contribution in [2.75, 3.05) is 13.2 Å². The number of hydrogen-bond donors (Lipinski definition) is 1. The summed E-state index contributed by atoms with van der Waals surface area (Å²) in [6.45, 7) is 7.41. The summed E-state index contributed by atoms with van der Waals surface area (Å²) in [5.74, 6) is 0.572. The van der Waals surface area contributed by atoms with Crippen molar-refractivity contribution < 1.29 is 9.47 Å². The number of benzene rings is 1. The summed E-state index contributed by atoms with van der Waals surface area (Å²) < 4.78 is 13.5.